The van der Waals surface area contributed by atoms with Crippen LogP contribution in [0.3, 0.4) is 0 Å². The first-order valence-corrected chi connectivity index (χ1v) is 10.2. The van der Waals surface area contributed by atoms with Gasteiger partial charge in [0.1, 0.15) is 5.75 Å². The number of benzene rings is 2. The maximum Gasteiger partial charge on any atom is 0.409 e. The van der Waals surface area contributed by atoms with Gasteiger partial charge in [-0.25, -0.2) is 4.79 Å². The molecule has 0 spiro atoms. The van der Waals surface area contributed by atoms with Gasteiger partial charge >= 0.3 is 6.09 Å². The third kappa shape index (κ3) is 4.83. The van der Waals surface area contributed by atoms with Crippen LogP contribution < -0.4 is 4.74 Å². The van der Waals surface area contributed by atoms with E-state index >= 15 is 0 Å². The van der Waals surface area contributed by atoms with Crippen LogP contribution in [0.25, 0.3) is 5.57 Å². The molecule has 29 heavy (non-hydrogen) atoms. The van der Waals surface area contributed by atoms with Crippen molar-refractivity contribution in [2.45, 2.75) is 26.7 Å². The summed E-state index contributed by atoms with van der Waals surface area (Å²) in [4.78, 5) is 13.9. The number of ether oxygens (including phenoxy) is 2. The minimum absolute atomic E-state index is 0.244. The zero-order chi connectivity index (χ0) is 20.8. The van der Waals surface area contributed by atoms with Crippen molar-refractivity contribution in [2.24, 2.45) is 0 Å². The predicted molar refractivity (Wildman–Crippen MR) is 117 cm³/mol. The summed E-state index contributed by atoms with van der Waals surface area (Å²) in [5.74, 6) is 0.757. The Morgan fingerprint density at radius 2 is 1.90 bits per heavy atom. The number of piperidine rings is 1. The Hall–Kier alpha value is -2.72. The van der Waals surface area contributed by atoms with Crippen LogP contribution in [0.4, 0.5) is 4.79 Å². The van der Waals surface area contributed by atoms with Gasteiger partial charge in [-0.2, -0.15) is 0 Å². The van der Waals surface area contributed by atoms with Crippen LogP contribution in [0.2, 0.25) is 5.02 Å². The van der Waals surface area contributed by atoms with Crippen LogP contribution >= 0.6 is 11.6 Å². The van der Waals surface area contributed by atoms with Crippen molar-refractivity contribution in [2.75, 3.05) is 19.7 Å². The Bertz CT molecular complexity index is 925. The minimum Gasteiger partial charge on any atom is -0.465 e. The predicted octanol–water partition coefficient (Wildman–Crippen LogP) is 6.22. The zero-order valence-electron chi connectivity index (χ0n) is 16.9. The molecule has 0 aliphatic carbocycles. The average molecular weight is 412 g/mol. The highest BCUT2D eigenvalue weighted by Gasteiger charge is 2.24. The number of aryl methyl sites for hydroxylation is 1. The summed E-state index contributed by atoms with van der Waals surface area (Å²) >= 11 is 6.21. The lowest BCUT2D eigenvalue weighted by molar-refractivity contribution is 0.104. The summed E-state index contributed by atoms with van der Waals surface area (Å²) in [6, 6.07) is 13.9. The normalized spacial score (nSPS) is 13.8. The third-order valence-corrected chi connectivity index (χ3v) is 5.31. The van der Waals surface area contributed by atoms with Gasteiger partial charge in [0, 0.05) is 23.7 Å². The van der Waals surface area contributed by atoms with Crippen molar-refractivity contribution in [1.82, 2.24) is 4.90 Å². The number of likely N-dealkylation sites (tertiary alicyclic amines) is 1. The number of amides is 1. The molecule has 0 N–H and O–H groups in total. The molecule has 0 radical (unpaired) electrons. The van der Waals surface area contributed by atoms with Crippen LogP contribution in [-0.4, -0.2) is 30.7 Å². The highest BCUT2D eigenvalue weighted by Crippen LogP contribution is 2.38. The van der Waals surface area contributed by atoms with Crippen molar-refractivity contribution in [1.29, 1.82) is 0 Å². The van der Waals surface area contributed by atoms with E-state index in [9.17, 15) is 4.79 Å². The van der Waals surface area contributed by atoms with E-state index < -0.39 is 0 Å². The average Bonchev–Trinajstić information content (AvgIpc) is 2.72. The van der Waals surface area contributed by atoms with Gasteiger partial charge in [0.15, 0.2) is 0 Å². The molecule has 0 saturated carbocycles. The van der Waals surface area contributed by atoms with Crippen LogP contribution in [-0.2, 0) is 4.74 Å². The van der Waals surface area contributed by atoms with E-state index in [-0.39, 0.29) is 6.09 Å². The highest BCUT2D eigenvalue weighted by atomic mass is 35.5. The van der Waals surface area contributed by atoms with E-state index in [2.05, 4.69) is 25.6 Å². The zero-order valence-corrected chi connectivity index (χ0v) is 17.7. The lowest BCUT2D eigenvalue weighted by Crippen LogP contribution is -2.37. The van der Waals surface area contributed by atoms with Crippen molar-refractivity contribution >= 4 is 23.3 Å². The molecule has 0 atom stereocenters. The number of para-hydroxylation sites is 1. The highest BCUT2D eigenvalue weighted by molar-refractivity contribution is 6.30. The molecule has 5 heteroatoms. The standard InChI is InChI=1S/C24H26ClNO3/c1-4-28-22-9-7-6-8-21(22)23(20-11-10-19(25)16-17(20)3)18-12-14-26(15-13-18)24(27)29-5-2/h4,6-11,16H,1,5,12-15H2,2-3H3. The molecule has 2 aromatic rings. The SMILES string of the molecule is C=COc1ccccc1C(=C1CCN(C(=O)OCC)CC1)c1ccc(Cl)cc1C. The molecule has 3 rings (SSSR count). The lowest BCUT2D eigenvalue weighted by Gasteiger charge is -2.30. The number of carbonyl (C=O) groups is 1. The molecule has 1 aliphatic heterocycles. The quantitative estimate of drug-likeness (QED) is 0.548. The van der Waals surface area contributed by atoms with E-state index in [0.29, 0.717) is 24.7 Å². The molecule has 0 aromatic heterocycles. The number of carbonyl (C=O) groups excluding carboxylic acids is 1. The summed E-state index contributed by atoms with van der Waals surface area (Å²) < 4.78 is 10.9. The smallest absolute Gasteiger partial charge is 0.409 e. The second kappa shape index (κ2) is 9.66. The first-order valence-electron chi connectivity index (χ1n) is 9.82. The Labute approximate surface area is 177 Å². The summed E-state index contributed by atoms with van der Waals surface area (Å²) in [5.41, 5.74) is 5.66. The molecular weight excluding hydrogens is 386 g/mol. The van der Waals surface area contributed by atoms with E-state index in [1.165, 1.54) is 11.8 Å². The number of nitrogens with zero attached hydrogens (tertiary/aromatic N) is 1. The van der Waals surface area contributed by atoms with E-state index in [4.69, 9.17) is 21.1 Å². The topological polar surface area (TPSA) is 38.8 Å². The first kappa shape index (κ1) is 21.0. The molecule has 152 valence electrons. The van der Waals surface area contributed by atoms with Gasteiger partial charge in [0.2, 0.25) is 0 Å². The van der Waals surface area contributed by atoms with Gasteiger partial charge in [0.05, 0.1) is 12.9 Å². The molecule has 2 aromatic carbocycles. The van der Waals surface area contributed by atoms with Crippen molar-refractivity contribution in [3.63, 3.8) is 0 Å². The van der Waals surface area contributed by atoms with E-state index in [1.54, 1.807) is 4.90 Å². The first-order chi connectivity index (χ1) is 14.0. The van der Waals surface area contributed by atoms with Gasteiger partial charge in [0.25, 0.3) is 0 Å². The maximum atomic E-state index is 12.1. The molecule has 1 fully saturated rings. The molecule has 1 saturated heterocycles. The van der Waals surface area contributed by atoms with Gasteiger partial charge in [-0.3, -0.25) is 0 Å². The van der Waals surface area contributed by atoms with Crippen molar-refractivity contribution < 1.29 is 14.3 Å². The summed E-state index contributed by atoms with van der Waals surface area (Å²) in [7, 11) is 0. The summed E-state index contributed by atoms with van der Waals surface area (Å²) in [5, 5.41) is 0.711. The lowest BCUT2D eigenvalue weighted by atomic mass is 9.86. The molecule has 1 aliphatic rings. The fourth-order valence-corrected chi connectivity index (χ4v) is 3.95. The van der Waals surface area contributed by atoms with Crippen LogP contribution in [0.15, 0.2) is 60.9 Å². The summed E-state index contributed by atoms with van der Waals surface area (Å²) in [6.45, 7) is 9.25. The van der Waals surface area contributed by atoms with Gasteiger partial charge < -0.3 is 14.4 Å². The molecular formula is C24H26ClNO3. The van der Waals surface area contributed by atoms with Gasteiger partial charge in [-0.15, -0.1) is 0 Å². The molecule has 0 bridgehead atoms. The number of hydrogen-bond acceptors (Lipinski definition) is 3. The molecule has 4 nitrogen and oxygen atoms in total. The number of halogens is 1. The Balaban J connectivity index is 2.06. The largest absolute Gasteiger partial charge is 0.465 e. The van der Waals surface area contributed by atoms with Gasteiger partial charge in [-0.05, 0) is 61.6 Å². The third-order valence-electron chi connectivity index (χ3n) is 5.07. The van der Waals surface area contributed by atoms with Gasteiger partial charge in [-0.1, -0.05) is 48.0 Å². The minimum atomic E-state index is -0.244. The van der Waals surface area contributed by atoms with Crippen LogP contribution in [0.5, 0.6) is 5.75 Å². The van der Waals surface area contributed by atoms with Crippen LogP contribution in [0.1, 0.15) is 36.5 Å². The second-order valence-corrected chi connectivity index (χ2v) is 7.34. The second-order valence-electron chi connectivity index (χ2n) is 6.90. The Morgan fingerprint density at radius 1 is 1.17 bits per heavy atom. The van der Waals surface area contributed by atoms with Crippen molar-refractivity contribution in [3.8, 4) is 5.75 Å². The monoisotopic (exact) mass is 411 g/mol. The van der Waals surface area contributed by atoms with E-state index in [1.807, 2.05) is 37.3 Å². The Morgan fingerprint density at radius 3 is 2.55 bits per heavy atom. The molecule has 1 heterocycles. The maximum absolute atomic E-state index is 12.1. The van der Waals surface area contributed by atoms with E-state index in [0.717, 1.165) is 40.9 Å². The molecule has 1 amide bonds. The number of rotatable bonds is 5. The fraction of sp³-hybridized carbons (Fsp3) is 0.292. The van der Waals surface area contributed by atoms with Crippen LogP contribution in [0, 0.1) is 6.92 Å². The number of hydrogen-bond donors (Lipinski definition) is 0. The summed E-state index contributed by atoms with van der Waals surface area (Å²) in [6.07, 6.45) is 2.75. The molecule has 0 unspecified atom stereocenters. The fourth-order valence-electron chi connectivity index (χ4n) is 3.72. The van der Waals surface area contributed by atoms with Crippen molar-refractivity contribution in [3.05, 3.63) is 82.6 Å². The Kier molecular flexibility index (Phi) is 6.99.